The number of benzene rings is 1. The largest absolute Gasteiger partial charge is 0.454 e. The summed E-state index contributed by atoms with van der Waals surface area (Å²) >= 11 is 0. The molecule has 1 aliphatic heterocycles. The van der Waals surface area contributed by atoms with Crippen molar-refractivity contribution in [1.29, 1.82) is 0 Å². The molecule has 2 rings (SSSR count). The van der Waals surface area contributed by atoms with Gasteiger partial charge < -0.3 is 14.6 Å². The number of aryl methyl sites for hydroxylation is 1. The van der Waals surface area contributed by atoms with Gasteiger partial charge in [-0.15, -0.1) is 0 Å². The predicted molar refractivity (Wildman–Crippen MR) is 61.1 cm³/mol. The van der Waals surface area contributed by atoms with E-state index < -0.39 is 9.84 Å². The first-order chi connectivity index (χ1) is 8.02. The van der Waals surface area contributed by atoms with Crippen LogP contribution in [0.1, 0.15) is 12.0 Å². The van der Waals surface area contributed by atoms with Gasteiger partial charge in [-0.2, -0.15) is 0 Å². The van der Waals surface area contributed by atoms with Crippen molar-refractivity contribution >= 4 is 9.84 Å². The third-order valence-corrected chi connectivity index (χ3v) is 3.74. The number of aliphatic hydroxyl groups excluding tert-OH is 1. The lowest BCUT2D eigenvalue weighted by molar-refractivity contribution is 0.174. The summed E-state index contributed by atoms with van der Waals surface area (Å²) < 4.78 is 33.7. The maximum atomic E-state index is 11.7. The van der Waals surface area contributed by atoms with Crippen molar-refractivity contribution in [2.75, 3.05) is 19.7 Å². The second-order valence-corrected chi connectivity index (χ2v) is 5.90. The minimum absolute atomic E-state index is 0.0254. The topological polar surface area (TPSA) is 72.8 Å². The lowest BCUT2D eigenvalue weighted by Crippen LogP contribution is -2.03. The summed E-state index contributed by atoms with van der Waals surface area (Å²) in [6.07, 6.45) is 2.17. The Morgan fingerprint density at radius 2 is 1.94 bits per heavy atom. The van der Waals surface area contributed by atoms with Crippen molar-refractivity contribution in [3.8, 4) is 11.5 Å². The Kier molecular flexibility index (Phi) is 3.26. The summed E-state index contributed by atoms with van der Waals surface area (Å²) in [4.78, 5) is 0.246. The fraction of sp³-hybridized carbons (Fsp3) is 0.455. The molecule has 0 aliphatic carbocycles. The molecule has 0 spiro atoms. The number of sulfone groups is 1. The average molecular weight is 258 g/mol. The molecule has 5 nitrogen and oxygen atoms in total. The third-order valence-electron chi connectivity index (χ3n) is 2.56. The highest BCUT2D eigenvalue weighted by atomic mass is 32.2. The summed E-state index contributed by atoms with van der Waals surface area (Å²) in [5, 5.41) is 8.81. The van der Waals surface area contributed by atoms with E-state index in [1.807, 2.05) is 0 Å². The molecule has 0 amide bonds. The number of ether oxygens (including phenoxy) is 2. The zero-order chi connectivity index (χ0) is 12.5. The Bertz CT molecular complexity index is 521. The molecule has 1 N–H and O–H groups in total. The van der Waals surface area contributed by atoms with Crippen LogP contribution >= 0.6 is 0 Å². The van der Waals surface area contributed by atoms with E-state index in [-0.39, 0.29) is 18.3 Å². The molecule has 0 atom stereocenters. The van der Waals surface area contributed by atoms with Crippen molar-refractivity contribution in [3.63, 3.8) is 0 Å². The SMILES string of the molecule is CS(=O)(=O)c1cc2c(cc1CCCO)OCO2. The number of hydrogen-bond acceptors (Lipinski definition) is 5. The van der Waals surface area contributed by atoms with Gasteiger partial charge in [-0.05, 0) is 24.5 Å². The fourth-order valence-electron chi connectivity index (χ4n) is 1.78. The molecule has 94 valence electrons. The molecule has 1 aliphatic rings. The monoisotopic (exact) mass is 258 g/mol. The molecule has 1 aromatic carbocycles. The van der Waals surface area contributed by atoms with Crippen LogP contribution in [0.15, 0.2) is 17.0 Å². The van der Waals surface area contributed by atoms with Crippen LogP contribution in [0, 0.1) is 0 Å². The minimum atomic E-state index is -3.30. The Hall–Kier alpha value is -1.27. The van der Waals surface area contributed by atoms with E-state index in [1.165, 1.54) is 6.07 Å². The Morgan fingerprint density at radius 1 is 1.29 bits per heavy atom. The van der Waals surface area contributed by atoms with Crippen LogP contribution in [0.2, 0.25) is 0 Å². The molecule has 1 heterocycles. The van der Waals surface area contributed by atoms with Crippen LogP contribution in [0.25, 0.3) is 0 Å². The standard InChI is InChI=1S/C11H14O5S/c1-17(13,14)11-6-10-9(15-7-16-10)5-8(11)3-2-4-12/h5-6,12H,2-4,7H2,1H3. The lowest BCUT2D eigenvalue weighted by Gasteiger charge is -2.08. The predicted octanol–water partition coefficient (Wildman–Crippen LogP) is 0.744. The molecule has 0 saturated heterocycles. The molecule has 0 fully saturated rings. The molecule has 0 aromatic heterocycles. The third kappa shape index (κ3) is 2.53. The van der Waals surface area contributed by atoms with Crippen molar-refractivity contribution in [3.05, 3.63) is 17.7 Å². The Labute approximate surface area is 99.9 Å². The zero-order valence-electron chi connectivity index (χ0n) is 9.47. The molecule has 0 radical (unpaired) electrons. The van der Waals surface area contributed by atoms with Crippen LogP contribution < -0.4 is 9.47 Å². The van der Waals surface area contributed by atoms with Crippen molar-refractivity contribution < 1.29 is 23.0 Å². The molecular weight excluding hydrogens is 244 g/mol. The van der Waals surface area contributed by atoms with Crippen LogP contribution in [0.3, 0.4) is 0 Å². The average Bonchev–Trinajstić information content (AvgIpc) is 2.70. The molecular formula is C11H14O5S. The first-order valence-electron chi connectivity index (χ1n) is 5.26. The molecule has 0 saturated carbocycles. The summed E-state index contributed by atoms with van der Waals surface area (Å²) in [6, 6.07) is 3.17. The second kappa shape index (κ2) is 4.54. The molecule has 0 unspecified atom stereocenters. The number of aliphatic hydroxyl groups is 1. The summed E-state index contributed by atoms with van der Waals surface area (Å²) in [7, 11) is -3.30. The van der Waals surface area contributed by atoms with Crippen LogP contribution in [0.5, 0.6) is 11.5 Å². The summed E-state index contributed by atoms with van der Waals surface area (Å²) in [6.45, 7) is 0.139. The van der Waals surface area contributed by atoms with Crippen LogP contribution in [-0.2, 0) is 16.3 Å². The highest BCUT2D eigenvalue weighted by Gasteiger charge is 2.21. The van der Waals surface area contributed by atoms with Crippen LogP contribution in [-0.4, -0.2) is 33.2 Å². The first kappa shape index (κ1) is 12.2. The number of hydrogen-bond donors (Lipinski definition) is 1. The van der Waals surface area contributed by atoms with Gasteiger partial charge in [0.1, 0.15) is 0 Å². The quantitative estimate of drug-likeness (QED) is 0.862. The van der Waals surface area contributed by atoms with E-state index >= 15 is 0 Å². The van der Waals surface area contributed by atoms with Gasteiger partial charge in [-0.1, -0.05) is 0 Å². The van der Waals surface area contributed by atoms with Crippen molar-refractivity contribution in [1.82, 2.24) is 0 Å². The smallest absolute Gasteiger partial charge is 0.231 e. The second-order valence-electron chi connectivity index (χ2n) is 3.91. The van der Waals surface area contributed by atoms with E-state index in [0.717, 1.165) is 6.26 Å². The summed E-state index contributed by atoms with van der Waals surface area (Å²) in [5.41, 5.74) is 0.658. The van der Waals surface area contributed by atoms with E-state index in [9.17, 15) is 8.42 Å². The zero-order valence-corrected chi connectivity index (χ0v) is 10.3. The fourth-order valence-corrected chi connectivity index (χ4v) is 2.73. The van der Waals surface area contributed by atoms with Gasteiger partial charge in [0.25, 0.3) is 0 Å². The summed E-state index contributed by atoms with van der Waals surface area (Å²) in [5.74, 6) is 1.02. The lowest BCUT2D eigenvalue weighted by atomic mass is 10.1. The van der Waals surface area contributed by atoms with Gasteiger partial charge in [0.2, 0.25) is 6.79 Å². The first-order valence-corrected chi connectivity index (χ1v) is 7.15. The van der Waals surface area contributed by atoms with Gasteiger partial charge in [0.15, 0.2) is 21.3 Å². The highest BCUT2D eigenvalue weighted by Crippen LogP contribution is 2.36. The molecule has 17 heavy (non-hydrogen) atoms. The van der Waals surface area contributed by atoms with Crippen molar-refractivity contribution in [2.24, 2.45) is 0 Å². The van der Waals surface area contributed by atoms with Gasteiger partial charge in [0, 0.05) is 18.9 Å². The number of fused-ring (bicyclic) bond motifs is 1. The van der Waals surface area contributed by atoms with Gasteiger partial charge in [-0.3, -0.25) is 0 Å². The Balaban J connectivity index is 2.47. The van der Waals surface area contributed by atoms with Gasteiger partial charge in [-0.25, -0.2) is 8.42 Å². The molecule has 1 aromatic rings. The van der Waals surface area contributed by atoms with E-state index in [2.05, 4.69) is 0 Å². The molecule has 0 bridgehead atoms. The molecule has 6 heteroatoms. The van der Waals surface area contributed by atoms with Gasteiger partial charge >= 0.3 is 0 Å². The Morgan fingerprint density at radius 3 is 2.53 bits per heavy atom. The number of rotatable bonds is 4. The highest BCUT2D eigenvalue weighted by molar-refractivity contribution is 7.90. The minimum Gasteiger partial charge on any atom is -0.454 e. The maximum Gasteiger partial charge on any atom is 0.231 e. The van der Waals surface area contributed by atoms with E-state index in [4.69, 9.17) is 14.6 Å². The normalized spacial score (nSPS) is 14.0. The van der Waals surface area contributed by atoms with E-state index in [0.29, 0.717) is 29.9 Å². The van der Waals surface area contributed by atoms with Crippen molar-refractivity contribution in [2.45, 2.75) is 17.7 Å². The van der Waals surface area contributed by atoms with Gasteiger partial charge in [0.05, 0.1) is 4.90 Å². The van der Waals surface area contributed by atoms with Crippen LogP contribution in [0.4, 0.5) is 0 Å². The maximum absolute atomic E-state index is 11.7. The van der Waals surface area contributed by atoms with E-state index in [1.54, 1.807) is 6.07 Å².